The lowest BCUT2D eigenvalue weighted by Crippen LogP contribution is -2.05. The highest BCUT2D eigenvalue weighted by Crippen LogP contribution is 2.32. The molecule has 0 amide bonds. The Morgan fingerprint density at radius 3 is 2.64 bits per heavy atom. The van der Waals surface area contributed by atoms with Gasteiger partial charge in [0.1, 0.15) is 6.61 Å². The Kier molecular flexibility index (Phi) is 1.77. The number of ether oxygens (including phenoxy) is 1. The Hall–Kier alpha value is -1.52. The summed E-state index contributed by atoms with van der Waals surface area (Å²) in [7, 11) is 0. The molecule has 0 radical (unpaired) electrons. The number of hydrogen-bond acceptors (Lipinski definition) is 2. The lowest BCUT2D eigenvalue weighted by molar-refractivity contribution is -0.137. The molecule has 1 aromatic rings. The standard InChI is InChI=1S/C9H5F3O2/c10-9(11,12)6-1-2-7-5(3-6)4-14-8(7)13/h1-3H,4H2. The summed E-state index contributed by atoms with van der Waals surface area (Å²) in [6, 6.07) is 2.97. The van der Waals surface area contributed by atoms with Crippen molar-refractivity contribution in [2.75, 3.05) is 0 Å². The van der Waals surface area contributed by atoms with Crippen LogP contribution in [0.25, 0.3) is 0 Å². The number of esters is 1. The first kappa shape index (κ1) is 9.05. The van der Waals surface area contributed by atoms with Crippen LogP contribution in [-0.4, -0.2) is 5.97 Å². The third-order valence-electron chi connectivity index (χ3n) is 2.01. The molecule has 0 atom stereocenters. The molecular weight excluding hydrogens is 197 g/mol. The zero-order valence-corrected chi connectivity index (χ0v) is 6.89. The van der Waals surface area contributed by atoms with Crippen LogP contribution in [0.15, 0.2) is 18.2 Å². The highest BCUT2D eigenvalue weighted by atomic mass is 19.4. The second-order valence-corrected chi connectivity index (χ2v) is 2.95. The lowest BCUT2D eigenvalue weighted by atomic mass is 10.1. The summed E-state index contributed by atoms with van der Waals surface area (Å²) < 4.78 is 41.3. The topological polar surface area (TPSA) is 26.3 Å². The Labute approximate surface area is 77.3 Å². The fourth-order valence-corrected chi connectivity index (χ4v) is 1.31. The smallest absolute Gasteiger partial charge is 0.416 e. The van der Waals surface area contributed by atoms with Crippen LogP contribution >= 0.6 is 0 Å². The second-order valence-electron chi connectivity index (χ2n) is 2.95. The van der Waals surface area contributed by atoms with Gasteiger partial charge in [-0.25, -0.2) is 4.79 Å². The van der Waals surface area contributed by atoms with E-state index in [-0.39, 0.29) is 12.2 Å². The zero-order valence-electron chi connectivity index (χ0n) is 6.89. The van der Waals surface area contributed by atoms with Crippen molar-refractivity contribution in [3.05, 3.63) is 34.9 Å². The maximum Gasteiger partial charge on any atom is 0.416 e. The molecule has 1 aliphatic rings. The van der Waals surface area contributed by atoms with Crippen LogP contribution in [0, 0.1) is 0 Å². The maximum atomic E-state index is 12.2. The number of fused-ring (bicyclic) bond motifs is 1. The van der Waals surface area contributed by atoms with E-state index in [2.05, 4.69) is 4.74 Å². The number of alkyl halides is 3. The molecule has 0 N–H and O–H groups in total. The van der Waals surface area contributed by atoms with Gasteiger partial charge >= 0.3 is 12.1 Å². The Bertz CT molecular complexity index is 396. The quantitative estimate of drug-likeness (QED) is 0.603. The van der Waals surface area contributed by atoms with Crippen molar-refractivity contribution in [2.24, 2.45) is 0 Å². The van der Waals surface area contributed by atoms with Gasteiger partial charge in [0.2, 0.25) is 0 Å². The predicted octanol–water partition coefficient (Wildman–Crippen LogP) is 2.38. The average molecular weight is 202 g/mol. The van der Waals surface area contributed by atoms with Gasteiger partial charge in [0.25, 0.3) is 0 Å². The van der Waals surface area contributed by atoms with Crippen LogP contribution in [0.5, 0.6) is 0 Å². The van der Waals surface area contributed by atoms with E-state index in [4.69, 9.17) is 0 Å². The molecule has 0 aromatic heterocycles. The van der Waals surface area contributed by atoms with E-state index in [0.29, 0.717) is 5.56 Å². The molecule has 0 aliphatic carbocycles. The molecule has 1 heterocycles. The normalized spacial score (nSPS) is 15.2. The molecule has 5 heteroatoms. The van der Waals surface area contributed by atoms with Gasteiger partial charge in [-0.05, 0) is 18.2 Å². The first-order chi connectivity index (χ1) is 6.48. The second kappa shape index (κ2) is 2.73. The van der Waals surface area contributed by atoms with Crippen LogP contribution in [0.4, 0.5) is 13.2 Å². The summed E-state index contributed by atoms with van der Waals surface area (Å²) in [5, 5.41) is 0. The van der Waals surface area contributed by atoms with Gasteiger partial charge < -0.3 is 4.74 Å². The maximum absolute atomic E-state index is 12.2. The molecule has 0 spiro atoms. The summed E-state index contributed by atoms with van der Waals surface area (Å²) in [6.07, 6.45) is -4.37. The van der Waals surface area contributed by atoms with Crippen molar-refractivity contribution >= 4 is 5.97 Å². The van der Waals surface area contributed by atoms with Crippen LogP contribution in [-0.2, 0) is 17.5 Å². The van der Waals surface area contributed by atoms with Gasteiger partial charge in [0.15, 0.2) is 0 Å². The Morgan fingerprint density at radius 2 is 2.00 bits per heavy atom. The van der Waals surface area contributed by atoms with Crippen LogP contribution in [0.2, 0.25) is 0 Å². The molecule has 0 fully saturated rings. The van der Waals surface area contributed by atoms with Crippen molar-refractivity contribution in [1.29, 1.82) is 0 Å². The summed E-state index contributed by atoms with van der Waals surface area (Å²) in [6.45, 7) is -0.0713. The number of carbonyl (C=O) groups is 1. The minimum atomic E-state index is -4.37. The van der Waals surface area contributed by atoms with E-state index in [9.17, 15) is 18.0 Å². The van der Waals surface area contributed by atoms with Gasteiger partial charge in [-0.15, -0.1) is 0 Å². The summed E-state index contributed by atoms with van der Waals surface area (Å²) in [5.74, 6) is -0.561. The predicted molar refractivity (Wildman–Crippen MR) is 40.6 cm³/mol. The minimum Gasteiger partial charge on any atom is -0.457 e. The van der Waals surface area contributed by atoms with E-state index >= 15 is 0 Å². The third-order valence-corrected chi connectivity index (χ3v) is 2.01. The van der Waals surface area contributed by atoms with Gasteiger partial charge in [-0.2, -0.15) is 13.2 Å². The molecule has 14 heavy (non-hydrogen) atoms. The van der Waals surface area contributed by atoms with E-state index < -0.39 is 17.7 Å². The van der Waals surface area contributed by atoms with Crippen LogP contribution in [0.1, 0.15) is 21.5 Å². The van der Waals surface area contributed by atoms with Gasteiger partial charge in [0.05, 0.1) is 11.1 Å². The molecule has 1 aliphatic heterocycles. The molecule has 0 bridgehead atoms. The number of hydrogen-bond donors (Lipinski definition) is 0. The Balaban J connectivity index is 2.47. The average Bonchev–Trinajstić information content (AvgIpc) is 2.46. The van der Waals surface area contributed by atoms with E-state index in [0.717, 1.165) is 18.2 Å². The molecule has 2 rings (SSSR count). The third kappa shape index (κ3) is 1.34. The minimum absolute atomic E-state index is 0.0713. The van der Waals surface area contributed by atoms with Crippen molar-refractivity contribution in [3.63, 3.8) is 0 Å². The number of halogens is 3. The largest absolute Gasteiger partial charge is 0.457 e. The van der Waals surface area contributed by atoms with E-state index in [1.165, 1.54) is 0 Å². The van der Waals surface area contributed by atoms with Gasteiger partial charge in [-0.1, -0.05) is 0 Å². The van der Waals surface area contributed by atoms with E-state index in [1.54, 1.807) is 0 Å². The van der Waals surface area contributed by atoms with Crippen molar-refractivity contribution in [1.82, 2.24) is 0 Å². The summed E-state index contributed by atoms with van der Waals surface area (Å²) >= 11 is 0. The fourth-order valence-electron chi connectivity index (χ4n) is 1.31. The highest BCUT2D eigenvalue weighted by Gasteiger charge is 2.32. The number of benzene rings is 1. The van der Waals surface area contributed by atoms with Crippen molar-refractivity contribution < 1.29 is 22.7 Å². The lowest BCUT2D eigenvalue weighted by Gasteiger charge is -2.06. The summed E-state index contributed by atoms with van der Waals surface area (Å²) in [5.41, 5.74) is -0.239. The molecule has 0 saturated heterocycles. The van der Waals surface area contributed by atoms with Crippen LogP contribution in [0.3, 0.4) is 0 Å². The van der Waals surface area contributed by atoms with Crippen molar-refractivity contribution in [2.45, 2.75) is 12.8 Å². The van der Waals surface area contributed by atoms with Gasteiger partial charge in [-0.3, -0.25) is 0 Å². The number of cyclic esters (lactones) is 1. The van der Waals surface area contributed by atoms with Crippen molar-refractivity contribution in [3.8, 4) is 0 Å². The SMILES string of the molecule is O=C1OCc2cc(C(F)(F)F)ccc21. The number of rotatable bonds is 0. The summed E-state index contributed by atoms with van der Waals surface area (Å²) in [4.78, 5) is 10.9. The van der Waals surface area contributed by atoms with Gasteiger partial charge in [0, 0.05) is 5.56 Å². The molecule has 1 aromatic carbocycles. The Morgan fingerprint density at radius 1 is 1.29 bits per heavy atom. The first-order valence-electron chi connectivity index (χ1n) is 3.86. The zero-order chi connectivity index (χ0) is 10.3. The molecule has 0 saturated carbocycles. The monoisotopic (exact) mass is 202 g/mol. The highest BCUT2D eigenvalue weighted by molar-refractivity contribution is 5.93. The molecule has 2 nitrogen and oxygen atoms in total. The molecule has 74 valence electrons. The van der Waals surface area contributed by atoms with E-state index in [1.807, 2.05) is 0 Å². The number of carbonyl (C=O) groups excluding carboxylic acids is 1. The first-order valence-corrected chi connectivity index (χ1v) is 3.86. The van der Waals surface area contributed by atoms with Crippen LogP contribution < -0.4 is 0 Å². The molecular formula is C9H5F3O2. The molecule has 0 unspecified atom stereocenters. The fraction of sp³-hybridized carbons (Fsp3) is 0.222.